The summed E-state index contributed by atoms with van der Waals surface area (Å²) >= 11 is 1.29. The molecule has 0 aliphatic carbocycles. The minimum atomic E-state index is -0.998. The Balaban J connectivity index is 1.35. The predicted molar refractivity (Wildman–Crippen MR) is 148 cm³/mol. The number of aliphatic carboxylic acids is 1. The Morgan fingerprint density at radius 3 is 2.48 bits per heavy atom. The predicted octanol–water partition coefficient (Wildman–Crippen LogP) is 4.27. The largest absolute Gasteiger partial charge is 0.481 e. The average molecular weight is 555 g/mol. The summed E-state index contributed by atoms with van der Waals surface area (Å²) in [4.78, 5) is 39.4. The first-order valence-electron chi connectivity index (χ1n) is 12.7. The zero-order chi connectivity index (χ0) is 27.9. The number of carboxylic acid groups (broad SMARTS) is 1. The van der Waals surface area contributed by atoms with Crippen molar-refractivity contribution in [2.24, 2.45) is 0 Å². The number of nitrogens with zero attached hydrogens (tertiary/aromatic N) is 6. The van der Waals surface area contributed by atoms with Gasteiger partial charge in [0, 0.05) is 28.6 Å². The quantitative estimate of drug-likeness (QED) is 0.217. The number of nitrogens with one attached hydrogen (secondary N) is 2. The molecule has 3 N–H and O–H groups in total. The highest BCUT2D eigenvalue weighted by Gasteiger charge is 2.23. The highest BCUT2D eigenvalue weighted by atomic mass is 32.1. The number of rotatable bonds is 11. The van der Waals surface area contributed by atoms with Gasteiger partial charge in [-0.05, 0) is 17.2 Å². The Labute approximate surface area is 233 Å². The van der Waals surface area contributed by atoms with Gasteiger partial charge in [-0.1, -0.05) is 67.9 Å². The number of tetrazole rings is 1. The molecule has 202 valence electrons. The minimum absolute atomic E-state index is 0.229. The van der Waals surface area contributed by atoms with Crippen LogP contribution in [0.4, 0.5) is 0 Å². The van der Waals surface area contributed by atoms with Crippen LogP contribution in [-0.2, 0) is 17.6 Å². The highest BCUT2D eigenvalue weighted by molar-refractivity contribution is 7.13. The molecule has 1 unspecified atom stereocenters. The van der Waals surface area contributed by atoms with Crippen LogP contribution >= 0.6 is 11.3 Å². The summed E-state index contributed by atoms with van der Waals surface area (Å²) in [6.45, 7) is 2.05. The highest BCUT2D eigenvalue weighted by Crippen LogP contribution is 2.29. The van der Waals surface area contributed by atoms with Crippen molar-refractivity contribution in [2.75, 3.05) is 0 Å². The summed E-state index contributed by atoms with van der Waals surface area (Å²) in [5.41, 5.74) is 4.59. The zero-order valence-electron chi connectivity index (χ0n) is 21.6. The van der Waals surface area contributed by atoms with Crippen molar-refractivity contribution in [1.29, 1.82) is 0 Å². The number of hydrogen-bond donors (Lipinski definition) is 3. The normalized spacial score (nSPS) is 11.7. The van der Waals surface area contributed by atoms with E-state index < -0.39 is 17.9 Å². The summed E-state index contributed by atoms with van der Waals surface area (Å²) in [5.74, 6) is -0.926. The number of aryl methyl sites for hydroxylation is 1. The van der Waals surface area contributed by atoms with Gasteiger partial charge in [0.1, 0.15) is 0 Å². The Morgan fingerprint density at radius 2 is 1.80 bits per heavy atom. The molecule has 5 aromatic rings. The molecule has 0 aliphatic rings. The van der Waals surface area contributed by atoms with Crippen molar-refractivity contribution in [3.63, 3.8) is 0 Å². The first-order chi connectivity index (χ1) is 19.5. The standard InChI is InChI=1S/C28H26N8O3S/c1-2-8-21-24(40-28(32-21)27(39)31-22(14-25(37)38)17-9-4-3-5-10-17)13-18-15-30-23(16-29-18)19-11-6-7-12-20(19)26-33-35-36-34-26/h3-7,9-12,15-16,22H,2,8,13-14H2,1H3,(H,31,39)(H,37,38)(H,33,34,35,36). The van der Waals surface area contributed by atoms with Gasteiger partial charge in [0.05, 0.1) is 35.7 Å². The van der Waals surface area contributed by atoms with E-state index in [1.54, 1.807) is 24.5 Å². The lowest BCUT2D eigenvalue weighted by molar-refractivity contribution is -0.137. The number of thiazole rings is 1. The van der Waals surface area contributed by atoms with Crippen LogP contribution in [0.5, 0.6) is 0 Å². The lowest BCUT2D eigenvalue weighted by Gasteiger charge is -2.16. The van der Waals surface area contributed by atoms with Gasteiger partial charge < -0.3 is 10.4 Å². The molecule has 0 saturated heterocycles. The van der Waals surface area contributed by atoms with Crippen molar-refractivity contribution >= 4 is 23.2 Å². The van der Waals surface area contributed by atoms with Crippen LogP contribution < -0.4 is 5.32 Å². The van der Waals surface area contributed by atoms with Gasteiger partial charge in [0.25, 0.3) is 5.91 Å². The molecular formula is C28H26N8O3S. The Hall–Kier alpha value is -4.84. The summed E-state index contributed by atoms with van der Waals surface area (Å²) in [6.07, 6.45) is 5.24. The molecule has 0 saturated carbocycles. The van der Waals surface area contributed by atoms with E-state index in [-0.39, 0.29) is 6.42 Å². The molecular weight excluding hydrogens is 528 g/mol. The van der Waals surface area contributed by atoms with Crippen molar-refractivity contribution in [1.82, 2.24) is 40.9 Å². The second-order valence-electron chi connectivity index (χ2n) is 9.02. The number of H-pyrrole nitrogens is 1. The van der Waals surface area contributed by atoms with Gasteiger partial charge in [0.2, 0.25) is 5.82 Å². The van der Waals surface area contributed by atoms with Crippen LogP contribution in [0, 0.1) is 0 Å². The minimum Gasteiger partial charge on any atom is -0.481 e. The first kappa shape index (κ1) is 26.8. The third kappa shape index (κ3) is 6.24. The molecule has 5 rings (SSSR count). The van der Waals surface area contributed by atoms with Crippen LogP contribution in [0.15, 0.2) is 67.0 Å². The number of carbonyl (C=O) groups excluding carboxylic acids is 1. The van der Waals surface area contributed by atoms with Gasteiger partial charge in [-0.3, -0.25) is 19.6 Å². The number of aromatic nitrogens is 7. The fourth-order valence-electron chi connectivity index (χ4n) is 4.31. The molecule has 0 fully saturated rings. The molecule has 12 heteroatoms. The summed E-state index contributed by atoms with van der Waals surface area (Å²) < 4.78 is 0. The van der Waals surface area contributed by atoms with E-state index in [0.717, 1.165) is 39.4 Å². The van der Waals surface area contributed by atoms with E-state index in [9.17, 15) is 14.7 Å². The molecule has 0 spiro atoms. The van der Waals surface area contributed by atoms with Crippen LogP contribution in [0.1, 0.15) is 57.4 Å². The van der Waals surface area contributed by atoms with Crippen molar-refractivity contribution < 1.29 is 14.7 Å². The maximum atomic E-state index is 13.2. The van der Waals surface area contributed by atoms with Gasteiger partial charge in [0.15, 0.2) is 5.01 Å². The molecule has 3 heterocycles. The number of benzene rings is 2. The summed E-state index contributed by atoms with van der Waals surface area (Å²) in [5, 5.41) is 26.8. The number of amides is 1. The lowest BCUT2D eigenvalue weighted by atomic mass is 10.0. The Bertz CT molecular complexity index is 1590. The maximum Gasteiger partial charge on any atom is 0.305 e. The molecule has 0 bridgehead atoms. The number of hydrogen-bond acceptors (Lipinski definition) is 9. The molecule has 0 aliphatic heterocycles. The first-order valence-corrected chi connectivity index (χ1v) is 13.5. The van der Waals surface area contributed by atoms with Crippen LogP contribution in [0.25, 0.3) is 22.6 Å². The second kappa shape index (κ2) is 12.3. The third-order valence-electron chi connectivity index (χ3n) is 6.18. The van der Waals surface area contributed by atoms with Crippen molar-refractivity contribution in [2.45, 2.75) is 38.6 Å². The Kier molecular flexibility index (Phi) is 8.26. The van der Waals surface area contributed by atoms with Gasteiger partial charge in [-0.15, -0.1) is 21.5 Å². The van der Waals surface area contributed by atoms with E-state index in [0.29, 0.717) is 29.4 Å². The van der Waals surface area contributed by atoms with Crippen molar-refractivity contribution in [3.8, 4) is 22.6 Å². The Morgan fingerprint density at radius 1 is 1.02 bits per heavy atom. The fraction of sp³-hybridized carbons (Fsp3) is 0.214. The van der Waals surface area contributed by atoms with E-state index in [4.69, 9.17) is 0 Å². The third-order valence-corrected chi connectivity index (χ3v) is 7.28. The zero-order valence-corrected chi connectivity index (χ0v) is 22.4. The maximum absolute atomic E-state index is 13.2. The summed E-state index contributed by atoms with van der Waals surface area (Å²) in [6, 6.07) is 16.0. The van der Waals surface area contributed by atoms with Gasteiger partial charge >= 0.3 is 5.97 Å². The van der Waals surface area contributed by atoms with E-state index in [1.807, 2.05) is 42.5 Å². The SMILES string of the molecule is CCCc1nc(C(=O)NC(CC(=O)O)c2ccccc2)sc1Cc1cnc(-c2ccccc2-c2nn[nH]n2)cn1. The molecule has 2 aromatic carbocycles. The summed E-state index contributed by atoms with van der Waals surface area (Å²) in [7, 11) is 0. The van der Waals surface area contributed by atoms with Crippen LogP contribution in [-0.4, -0.2) is 52.6 Å². The van der Waals surface area contributed by atoms with Gasteiger partial charge in [-0.25, -0.2) is 4.98 Å². The average Bonchev–Trinajstić information content (AvgIpc) is 3.65. The smallest absolute Gasteiger partial charge is 0.305 e. The molecule has 1 atom stereocenters. The fourth-order valence-corrected chi connectivity index (χ4v) is 5.34. The number of aromatic amines is 1. The number of carboxylic acids is 1. The topological polar surface area (TPSA) is 160 Å². The monoisotopic (exact) mass is 554 g/mol. The van der Waals surface area contributed by atoms with Gasteiger partial charge in [-0.2, -0.15) is 5.21 Å². The second-order valence-corrected chi connectivity index (χ2v) is 10.1. The van der Waals surface area contributed by atoms with Crippen LogP contribution in [0.2, 0.25) is 0 Å². The van der Waals surface area contributed by atoms with Crippen molar-refractivity contribution in [3.05, 3.63) is 93.8 Å². The lowest BCUT2D eigenvalue weighted by Crippen LogP contribution is -2.30. The van der Waals surface area contributed by atoms with E-state index in [2.05, 4.69) is 47.8 Å². The molecule has 3 aromatic heterocycles. The number of carbonyl (C=O) groups is 2. The molecule has 11 nitrogen and oxygen atoms in total. The molecule has 40 heavy (non-hydrogen) atoms. The molecule has 0 radical (unpaired) electrons. The van der Waals surface area contributed by atoms with E-state index >= 15 is 0 Å². The van der Waals surface area contributed by atoms with E-state index in [1.165, 1.54) is 11.3 Å². The molecule has 1 amide bonds. The van der Waals surface area contributed by atoms with Crippen LogP contribution in [0.3, 0.4) is 0 Å².